The minimum absolute atomic E-state index is 0.267. The van der Waals surface area contributed by atoms with Gasteiger partial charge in [-0.2, -0.15) is 0 Å². The predicted octanol–water partition coefficient (Wildman–Crippen LogP) is 1.49. The Balaban J connectivity index is 2.06. The predicted molar refractivity (Wildman–Crippen MR) is 73.8 cm³/mol. The molecule has 2 N–H and O–H groups in total. The van der Waals surface area contributed by atoms with Crippen LogP contribution in [0, 0.1) is 0 Å². The second kappa shape index (κ2) is 6.72. The van der Waals surface area contributed by atoms with E-state index in [2.05, 4.69) is 15.3 Å². The van der Waals surface area contributed by atoms with Crippen molar-refractivity contribution in [1.82, 2.24) is 15.3 Å². The summed E-state index contributed by atoms with van der Waals surface area (Å²) < 4.78 is 10.4. The quantitative estimate of drug-likeness (QED) is 0.831. The van der Waals surface area contributed by atoms with E-state index < -0.39 is 0 Å². The third-order valence-electron chi connectivity index (χ3n) is 2.86. The number of hydrogen-bond acceptors (Lipinski definition) is 6. The van der Waals surface area contributed by atoms with Crippen LogP contribution in [0.2, 0.25) is 0 Å². The molecule has 0 amide bonds. The Hall–Kier alpha value is -2.34. The zero-order chi connectivity index (χ0) is 14.4. The molecule has 0 bridgehead atoms. The van der Waals surface area contributed by atoms with E-state index in [-0.39, 0.29) is 5.75 Å². The number of nitrogens with one attached hydrogen (secondary N) is 1. The summed E-state index contributed by atoms with van der Waals surface area (Å²) >= 11 is 0. The molecule has 0 unspecified atom stereocenters. The van der Waals surface area contributed by atoms with E-state index >= 15 is 0 Å². The Morgan fingerprint density at radius 2 is 1.70 bits per heavy atom. The van der Waals surface area contributed by atoms with Crippen molar-refractivity contribution in [3.63, 3.8) is 0 Å². The number of phenolic OH excluding ortho intramolecular Hbond substituents is 1. The van der Waals surface area contributed by atoms with Crippen LogP contribution < -0.4 is 14.8 Å². The van der Waals surface area contributed by atoms with E-state index in [1.54, 1.807) is 26.4 Å². The van der Waals surface area contributed by atoms with Gasteiger partial charge >= 0.3 is 0 Å². The van der Waals surface area contributed by atoms with Gasteiger partial charge in [-0.15, -0.1) is 0 Å². The Labute approximate surface area is 117 Å². The van der Waals surface area contributed by atoms with Gasteiger partial charge in [-0.05, 0) is 6.07 Å². The summed E-state index contributed by atoms with van der Waals surface area (Å²) in [4.78, 5) is 8.09. The number of rotatable bonds is 6. The van der Waals surface area contributed by atoms with Gasteiger partial charge < -0.3 is 19.9 Å². The molecule has 6 nitrogen and oxygen atoms in total. The number of aromatic nitrogens is 2. The summed E-state index contributed by atoms with van der Waals surface area (Å²) in [7, 11) is 3.10. The maximum absolute atomic E-state index is 9.70. The molecule has 1 aromatic heterocycles. The van der Waals surface area contributed by atoms with Gasteiger partial charge in [0.15, 0.2) is 0 Å². The van der Waals surface area contributed by atoms with Crippen molar-refractivity contribution in [2.24, 2.45) is 0 Å². The molecule has 1 heterocycles. The maximum Gasteiger partial charge on any atom is 0.224 e. The van der Waals surface area contributed by atoms with Crippen LogP contribution >= 0.6 is 0 Å². The molecular formula is C14H17N3O3. The Kier molecular flexibility index (Phi) is 4.73. The van der Waals surface area contributed by atoms with Crippen LogP contribution in [0.3, 0.4) is 0 Å². The molecular weight excluding hydrogens is 258 g/mol. The summed E-state index contributed by atoms with van der Waals surface area (Å²) in [6, 6.07) is 7.18. The second-order valence-corrected chi connectivity index (χ2v) is 4.10. The van der Waals surface area contributed by atoms with Crippen molar-refractivity contribution in [2.45, 2.75) is 13.1 Å². The molecule has 2 rings (SSSR count). The molecule has 0 aliphatic heterocycles. The number of methoxy groups -OCH3 is 2. The van der Waals surface area contributed by atoms with Crippen LogP contribution in [0.25, 0.3) is 0 Å². The van der Waals surface area contributed by atoms with Crippen LogP contribution in [0.4, 0.5) is 0 Å². The maximum atomic E-state index is 9.70. The van der Waals surface area contributed by atoms with E-state index in [0.29, 0.717) is 24.8 Å². The largest absolute Gasteiger partial charge is 0.508 e. The third-order valence-corrected chi connectivity index (χ3v) is 2.86. The molecule has 0 aliphatic rings. The summed E-state index contributed by atoms with van der Waals surface area (Å²) in [5.41, 5.74) is 1.57. The number of benzene rings is 1. The molecule has 106 valence electrons. The lowest BCUT2D eigenvalue weighted by molar-refractivity contribution is 0.359. The zero-order valence-electron chi connectivity index (χ0n) is 11.5. The first-order valence-electron chi connectivity index (χ1n) is 6.15. The highest BCUT2D eigenvalue weighted by molar-refractivity contribution is 5.35. The van der Waals surface area contributed by atoms with Gasteiger partial charge in [0.2, 0.25) is 11.8 Å². The van der Waals surface area contributed by atoms with E-state index in [1.807, 2.05) is 12.1 Å². The molecule has 0 aliphatic carbocycles. The van der Waals surface area contributed by atoms with Gasteiger partial charge in [0.05, 0.1) is 19.8 Å². The first-order valence-corrected chi connectivity index (χ1v) is 6.15. The lowest BCUT2D eigenvalue weighted by Gasteiger charge is -2.12. The fraction of sp³-hybridized carbons (Fsp3) is 0.286. The van der Waals surface area contributed by atoms with E-state index in [1.165, 1.54) is 6.33 Å². The number of para-hydroxylation sites is 1. The molecule has 0 saturated carbocycles. The van der Waals surface area contributed by atoms with Crippen molar-refractivity contribution in [2.75, 3.05) is 14.2 Å². The van der Waals surface area contributed by atoms with E-state index in [9.17, 15) is 5.11 Å². The molecule has 20 heavy (non-hydrogen) atoms. The monoisotopic (exact) mass is 275 g/mol. The van der Waals surface area contributed by atoms with Crippen LogP contribution in [0.5, 0.6) is 17.5 Å². The lowest BCUT2D eigenvalue weighted by atomic mass is 10.2. The van der Waals surface area contributed by atoms with Gasteiger partial charge in [-0.1, -0.05) is 18.2 Å². The normalized spacial score (nSPS) is 10.3. The summed E-state index contributed by atoms with van der Waals surface area (Å²) in [6.45, 7) is 0.995. The minimum atomic E-state index is 0.267. The highest BCUT2D eigenvalue weighted by atomic mass is 16.5. The molecule has 0 spiro atoms. The summed E-state index contributed by atoms with van der Waals surface area (Å²) in [5.74, 6) is 1.21. The number of hydrogen-bond donors (Lipinski definition) is 2. The molecule has 6 heteroatoms. The Bertz CT molecular complexity index is 553. The van der Waals surface area contributed by atoms with E-state index in [4.69, 9.17) is 9.47 Å². The molecule has 1 aromatic carbocycles. The van der Waals surface area contributed by atoms with Crippen molar-refractivity contribution in [3.8, 4) is 17.5 Å². The first-order chi connectivity index (χ1) is 9.76. The van der Waals surface area contributed by atoms with Crippen molar-refractivity contribution < 1.29 is 14.6 Å². The van der Waals surface area contributed by atoms with Gasteiger partial charge in [-0.3, -0.25) is 0 Å². The van der Waals surface area contributed by atoms with Crippen molar-refractivity contribution in [3.05, 3.63) is 41.7 Å². The fourth-order valence-corrected chi connectivity index (χ4v) is 1.87. The summed E-state index contributed by atoms with van der Waals surface area (Å²) in [5, 5.41) is 12.9. The zero-order valence-corrected chi connectivity index (χ0v) is 11.5. The SMILES string of the molecule is COc1ncnc(OC)c1CNCc1ccccc1O. The number of ether oxygens (including phenoxy) is 2. The van der Waals surface area contributed by atoms with Crippen LogP contribution in [-0.2, 0) is 13.1 Å². The third kappa shape index (κ3) is 3.16. The van der Waals surface area contributed by atoms with Gasteiger partial charge in [-0.25, -0.2) is 9.97 Å². The number of phenols is 1. The minimum Gasteiger partial charge on any atom is -0.508 e. The second-order valence-electron chi connectivity index (χ2n) is 4.10. The van der Waals surface area contributed by atoms with Crippen LogP contribution in [-0.4, -0.2) is 29.3 Å². The Morgan fingerprint density at radius 1 is 1.05 bits per heavy atom. The average molecular weight is 275 g/mol. The number of aromatic hydroxyl groups is 1. The molecule has 0 atom stereocenters. The standard InChI is InChI=1S/C14H17N3O3/c1-19-13-11(14(20-2)17-9-16-13)8-15-7-10-5-3-4-6-12(10)18/h3-6,9,15,18H,7-8H2,1-2H3. The highest BCUT2D eigenvalue weighted by Gasteiger charge is 2.12. The molecule has 0 saturated heterocycles. The van der Waals surface area contributed by atoms with E-state index in [0.717, 1.165) is 11.1 Å². The summed E-state index contributed by atoms with van der Waals surface area (Å²) in [6.07, 6.45) is 1.39. The highest BCUT2D eigenvalue weighted by Crippen LogP contribution is 2.23. The molecule has 2 aromatic rings. The molecule has 0 radical (unpaired) electrons. The smallest absolute Gasteiger partial charge is 0.224 e. The van der Waals surface area contributed by atoms with Crippen LogP contribution in [0.15, 0.2) is 30.6 Å². The first kappa shape index (κ1) is 14.1. The van der Waals surface area contributed by atoms with Crippen molar-refractivity contribution >= 4 is 0 Å². The number of nitrogens with zero attached hydrogens (tertiary/aromatic N) is 2. The lowest BCUT2D eigenvalue weighted by Crippen LogP contribution is -2.15. The average Bonchev–Trinajstić information content (AvgIpc) is 2.49. The topological polar surface area (TPSA) is 76.5 Å². The van der Waals surface area contributed by atoms with Crippen molar-refractivity contribution in [1.29, 1.82) is 0 Å². The van der Waals surface area contributed by atoms with Gasteiger partial charge in [0.1, 0.15) is 12.1 Å². The Morgan fingerprint density at radius 3 is 2.30 bits per heavy atom. The van der Waals surface area contributed by atoms with Crippen LogP contribution in [0.1, 0.15) is 11.1 Å². The molecule has 0 fully saturated rings. The fourth-order valence-electron chi connectivity index (χ4n) is 1.87. The van der Waals surface area contributed by atoms with Gasteiger partial charge in [0.25, 0.3) is 0 Å². The van der Waals surface area contributed by atoms with Gasteiger partial charge in [0, 0.05) is 18.7 Å².